The summed E-state index contributed by atoms with van der Waals surface area (Å²) in [5.41, 5.74) is 0.0400. The topological polar surface area (TPSA) is 36.0 Å². The fraction of sp³-hybridized carbons (Fsp3) is 0.952. The fourth-order valence-electron chi connectivity index (χ4n) is 5.21. The molecular weight excluding hydrogens is 326 g/mol. The Hall–Kier alpha value is -0.650. The van der Waals surface area contributed by atoms with Gasteiger partial charge in [-0.2, -0.15) is 0 Å². The summed E-state index contributed by atoms with van der Waals surface area (Å²) in [6, 6.07) is 0.677. The van der Waals surface area contributed by atoms with Gasteiger partial charge >= 0.3 is 0 Å². The van der Waals surface area contributed by atoms with Crippen LogP contribution in [0.2, 0.25) is 0 Å². The van der Waals surface area contributed by atoms with Crippen LogP contribution in [0.15, 0.2) is 0 Å². The maximum atomic E-state index is 12.3. The van der Waals surface area contributed by atoms with Crippen LogP contribution in [0.3, 0.4) is 0 Å². The van der Waals surface area contributed by atoms with Gasteiger partial charge in [0.15, 0.2) is 0 Å². The van der Waals surface area contributed by atoms with Crippen molar-refractivity contribution in [3.8, 4) is 0 Å². The number of hydrogen-bond acceptors (Lipinski definition) is 4. The summed E-state index contributed by atoms with van der Waals surface area (Å²) in [7, 11) is 0. The van der Waals surface area contributed by atoms with E-state index in [9.17, 15) is 4.79 Å². The highest BCUT2D eigenvalue weighted by atomic mass is 16.5. The van der Waals surface area contributed by atoms with Crippen LogP contribution in [0.4, 0.5) is 0 Å². The van der Waals surface area contributed by atoms with Crippen LogP contribution in [-0.2, 0) is 9.53 Å². The monoisotopic (exact) mass is 363 g/mol. The number of amides is 1. The zero-order chi connectivity index (χ0) is 18.1. The van der Waals surface area contributed by atoms with Gasteiger partial charge in [0.1, 0.15) is 0 Å². The molecule has 3 heterocycles. The molecule has 1 atom stereocenters. The minimum Gasteiger partial charge on any atom is -0.375 e. The Bertz CT molecular complexity index is 489. The molecule has 0 aromatic heterocycles. The van der Waals surface area contributed by atoms with Crippen LogP contribution in [0, 0.1) is 11.8 Å². The highest BCUT2D eigenvalue weighted by molar-refractivity contribution is 5.81. The molecule has 1 saturated carbocycles. The Balaban J connectivity index is 1.27. The predicted octanol–water partition coefficient (Wildman–Crippen LogP) is 2.21. The normalized spacial score (nSPS) is 30.9. The first-order chi connectivity index (χ1) is 12.5. The van der Waals surface area contributed by atoms with Crippen LogP contribution >= 0.6 is 0 Å². The Morgan fingerprint density at radius 1 is 1.04 bits per heavy atom. The number of rotatable bonds is 4. The molecule has 5 nitrogen and oxygen atoms in total. The van der Waals surface area contributed by atoms with Gasteiger partial charge in [0, 0.05) is 64.4 Å². The second-order valence-corrected chi connectivity index (χ2v) is 9.51. The Morgan fingerprint density at radius 2 is 1.73 bits per heavy atom. The molecule has 1 unspecified atom stereocenters. The lowest BCUT2D eigenvalue weighted by Crippen LogP contribution is -2.57. The lowest BCUT2D eigenvalue weighted by Gasteiger charge is -2.49. The number of carbonyl (C=O) groups is 1. The minimum absolute atomic E-state index is 0.0400. The number of piperidine rings is 1. The van der Waals surface area contributed by atoms with Gasteiger partial charge in [0.2, 0.25) is 5.91 Å². The van der Waals surface area contributed by atoms with Gasteiger partial charge in [-0.3, -0.25) is 9.69 Å². The van der Waals surface area contributed by atoms with Crippen LogP contribution in [0.1, 0.15) is 52.4 Å². The van der Waals surface area contributed by atoms with Gasteiger partial charge in [0.25, 0.3) is 0 Å². The average molecular weight is 364 g/mol. The molecule has 0 bridgehead atoms. The smallest absolute Gasteiger partial charge is 0.225 e. The summed E-state index contributed by atoms with van der Waals surface area (Å²) >= 11 is 0. The Kier molecular flexibility index (Phi) is 5.58. The number of hydrogen-bond donors (Lipinski definition) is 0. The summed E-state index contributed by atoms with van der Waals surface area (Å²) in [5.74, 6) is 1.52. The lowest BCUT2D eigenvalue weighted by atomic mass is 9.81. The number of nitrogens with zero attached hydrogens (tertiary/aromatic N) is 3. The van der Waals surface area contributed by atoms with E-state index < -0.39 is 0 Å². The highest BCUT2D eigenvalue weighted by Gasteiger charge is 2.44. The first-order valence-electron chi connectivity index (χ1n) is 10.9. The summed E-state index contributed by atoms with van der Waals surface area (Å²) in [4.78, 5) is 19.8. The molecule has 148 valence electrons. The first-order valence-corrected chi connectivity index (χ1v) is 10.9. The molecule has 0 aromatic rings. The van der Waals surface area contributed by atoms with Crippen LogP contribution in [0.5, 0.6) is 0 Å². The number of carbonyl (C=O) groups excluding carboxylic acids is 1. The van der Waals surface area contributed by atoms with Gasteiger partial charge in [-0.15, -0.1) is 0 Å². The highest BCUT2D eigenvalue weighted by Crippen LogP contribution is 2.39. The third kappa shape index (κ3) is 4.26. The van der Waals surface area contributed by atoms with Crippen molar-refractivity contribution in [2.45, 2.75) is 64.0 Å². The lowest BCUT2D eigenvalue weighted by molar-refractivity contribution is -0.151. The first kappa shape index (κ1) is 18.7. The van der Waals surface area contributed by atoms with E-state index in [0.29, 0.717) is 17.9 Å². The van der Waals surface area contributed by atoms with Crippen LogP contribution in [0.25, 0.3) is 0 Å². The van der Waals surface area contributed by atoms with Crippen molar-refractivity contribution < 1.29 is 9.53 Å². The zero-order valence-corrected chi connectivity index (χ0v) is 16.8. The summed E-state index contributed by atoms with van der Waals surface area (Å²) in [5, 5.41) is 0. The Labute approximate surface area is 159 Å². The molecule has 0 N–H and O–H groups in total. The van der Waals surface area contributed by atoms with Gasteiger partial charge in [-0.25, -0.2) is 0 Å². The molecule has 26 heavy (non-hydrogen) atoms. The third-order valence-corrected chi connectivity index (χ3v) is 6.93. The molecule has 1 aliphatic carbocycles. The molecule has 4 fully saturated rings. The summed E-state index contributed by atoms with van der Waals surface area (Å²) < 4.78 is 6.33. The van der Waals surface area contributed by atoms with Crippen molar-refractivity contribution in [1.82, 2.24) is 14.7 Å². The molecule has 1 amide bonds. The molecular formula is C21H37N3O2. The van der Waals surface area contributed by atoms with E-state index >= 15 is 0 Å². The molecule has 4 rings (SSSR count). The van der Waals surface area contributed by atoms with Crippen molar-refractivity contribution in [2.24, 2.45) is 11.8 Å². The van der Waals surface area contributed by atoms with Crippen LogP contribution in [-0.4, -0.2) is 84.7 Å². The molecule has 1 spiro atoms. The van der Waals surface area contributed by atoms with Gasteiger partial charge in [-0.05, 0) is 44.4 Å². The molecule has 4 aliphatic rings. The molecule has 0 aromatic carbocycles. The molecule has 5 heteroatoms. The second-order valence-electron chi connectivity index (χ2n) is 9.51. The maximum Gasteiger partial charge on any atom is 0.225 e. The number of ether oxygens (including phenoxy) is 1. The maximum absolute atomic E-state index is 12.3. The molecule has 3 saturated heterocycles. The van der Waals surface area contributed by atoms with Crippen molar-refractivity contribution in [1.29, 1.82) is 0 Å². The standard InChI is InChI=1S/C21H37N3O2/c1-17(2)16-22-10-12-23(13-11-22)19-5-14-26-21(15-19)6-8-24(9-7-21)20(25)18-3-4-18/h17-19H,3-16H2,1-2H3. The van der Waals surface area contributed by atoms with Crippen molar-refractivity contribution in [3.05, 3.63) is 0 Å². The van der Waals surface area contributed by atoms with E-state index in [1.54, 1.807) is 0 Å². The van der Waals surface area contributed by atoms with Crippen molar-refractivity contribution in [3.63, 3.8) is 0 Å². The van der Waals surface area contributed by atoms with Gasteiger partial charge < -0.3 is 14.5 Å². The fourth-order valence-corrected chi connectivity index (χ4v) is 5.21. The molecule has 0 radical (unpaired) electrons. The summed E-state index contributed by atoms with van der Waals surface area (Å²) in [6.45, 7) is 13.4. The predicted molar refractivity (Wildman–Crippen MR) is 103 cm³/mol. The van der Waals surface area contributed by atoms with E-state index in [1.807, 2.05) is 0 Å². The van der Waals surface area contributed by atoms with E-state index in [0.717, 1.165) is 51.3 Å². The van der Waals surface area contributed by atoms with Gasteiger partial charge in [0.05, 0.1) is 5.60 Å². The van der Waals surface area contributed by atoms with E-state index in [2.05, 4.69) is 28.5 Å². The largest absolute Gasteiger partial charge is 0.375 e. The van der Waals surface area contributed by atoms with Gasteiger partial charge in [-0.1, -0.05) is 13.8 Å². The van der Waals surface area contributed by atoms with Crippen LogP contribution < -0.4 is 0 Å². The van der Waals surface area contributed by atoms with E-state index in [-0.39, 0.29) is 5.60 Å². The van der Waals surface area contributed by atoms with Crippen molar-refractivity contribution >= 4 is 5.91 Å². The van der Waals surface area contributed by atoms with Crippen molar-refractivity contribution in [2.75, 3.05) is 52.4 Å². The van der Waals surface area contributed by atoms with E-state index in [4.69, 9.17) is 4.74 Å². The average Bonchev–Trinajstić information content (AvgIpc) is 3.47. The quantitative estimate of drug-likeness (QED) is 0.767. The zero-order valence-electron chi connectivity index (χ0n) is 16.8. The Morgan fingerprint density at radius 3 is 2.35 bits per heavy atom. The third-order valence-electron chi connectivity index (χ3n) is 6.93. The summed E-state index contributed by atoms with van der Waals surface area (Å²) in [6.07, 6.45) is 6.65. The number of likely N-dealkylation sites (tertiary alicyclic amines) is 1. The van der Waals surface area contributed by atoms with E-state index in [1.165, 1.54) is 45.6 Å². The number of piperazine rings is 1. The molecule has 3 aliphatic heterocycles. The minimum atomic E-state index is 0.0400. The SMILES string of the molecule is CC(C)CN1CCN(C2CCOC3(CCN(C(=O)C4CC4)CC3)C2)CC1. The second kappa shape index (κ2) is 7.76.